The fraction of sp³-hybridized carbons (Fsp3) is 0.455. The number of carbonyl (C=O) groups excluding carboxylic acids is 2. The molecule has 0 saturated carbocycles. The van der Waals surface area contributed by atoms with Gasteiger partial charge in [0.2, 0.25) is 0 Å². The van der Waals surface area contributed by atoms with Gasteiger partial charge in [0.1, 0.15) is 4.90 Å². The highest BCUT2D eigenvalue weighted by Gasteiger charge is 2.49. The van der Waals surface area contributed by atoms with E-state index in [1.54, 1.807) is 37.3 Å². The Labute approximate surface area is 257 Å². The zero-order valence-electron chi connectivity index (χ0n) is 25.0. The number of Topliss-reactive ketones (excluding diaryl/α,β-unsaturated/α-hetero) is 2. The zero-order chi connectivity index (χ0) is 30.6. The van der Waals surface area contributed by atoms with Gasteiger partial charge in [-0.25, -0.2) is 0 Å². The van der Waals surface area contributed by atoms with Gasteiger partial charge in [-0.1, -0.05) is 45.9 Å². The van der Waals surface area contributed by atoms with Crippen LogP contribution in [0, 0.1) is 10.8 Å². The van der Waals surface area contributed by atoms with Crippen molar-refractivity contribution in [2.24, 2.45) is 10.8 Å². The third-order valence-electron chi connectivity index (χ3n) is 8.23. The van der Waals surface area contributed by atoms with Crippen LogP contribution >= 0.6 is 15.9 Å². The smallest absolute Gasteiger partial charge is 0.339 e. The monoisotopic (exact) mass is 655 g/mol. The Bertz CT molecular complexity index is 1570. The van der Waals surface area contributed by atoms with Crippen molar-refractivity contribution in [3.63, 3.8) is 0 Å². The van der Waals surface area contributed by atoms with E-state index < -0.39 is 16.0 Å². The van der Waals surface area contributed by atoms with Crippen molar-refractivity contribution in [2.45, 2.75) is 78.0 Å². The second kappa shape index (κ2) is 11.0. The van der Waals surface area contributed by atoms with Crippen LogP contribution in [0.2, 0.25) is 0 Å². The molecule has 0 aromatic heterocycles. The SMILES string of the molecule is CCOc1cc(C2C3=C(CC(C)(C)CC3=O)N(CC)C3=C2C(=O)CC(C)(C)C3)cc(Br)c1OS(=O)(=O)c1ccccc1. The first kappa shape index (κ1) is 30.5. The maximum Gasteiger partial charge on any atom is 0.339 e. The lowest BCUT2D eigenvalue weighted by molar-refractivity contribution is -0.119. The van der Waals surface area contributed by atoms with Crippen LogP contribution in [0.3, 0.4) is 0 Å². The van der Waals surface area contributed by atoms with Crippen molar-refractivity contribution in [1.82, 2.24) is 4.90 Å². The molecule has 0 radical (unpaired) electrons. The maximum absolute atomic E-state index is 13.9. The molecule has 2 aromatic rings. The van der Waals surface area contributed by atoms with Crippen LogP contribution in [0.15, 0.2) is 74.4 Å². The number of benzene rings is 2. The maximum atomic E-state index is 13.9. The third-order valence-corrected chi connectivity index (χ3v) is 10.1. The van der Waals surface area contributed by atoms with Gasteiger partial charge in [-0.2, -0.15) is 8.42 Å². The van der Waals surface area contributed by atoms with Crippen molar-refractivity contribution in [2.75, 3.05) is 13.2 Å². The molecule has 2 aromatic carbocycles. The minimum absolute atomic E-state index is 0.0193. The molecule has 5 rings (SSSR count). The number of rotatable bonds is 7. The minimum atomic E-state index is -4.15. The lowest BCUT2D eigenvalue weighted by Crippen LogP contribution is -2.44. The number of allylic oxidation sites excluding steroid dienone is 4. The van der Waals surface area contributed by atoms with E-state index in [-0.39, 0.29) is 45.4 Å². The highest BCUT2D eigenvalue weighted by molar-refractivity contribution is 9.10. The second-order valence-electron chi connectivity index (χ2n) is 12.9. The van der Waals surface area contributed by atoms with Gasteiger partial charge in [0.15, 0.2) is 23.1 Å². The van der Waals surface area contributed by atoms with E-state index in [9.17, 15) is 18.0 Å². The van der Waals surface area contributed by atoms with Crippen LogP contribution in [0.25, 0.3) is 0 Å². The van der Waals surface area contributed by atoms with E-state index in [0.29, 0.717) is 40.6 Å². The molecule has 3 aliphatic rings. The molecule has 0 atom stereocenters. The fourth-order valence-corrected chi connectivity index (χ4v) is 8.23. The molecule has 9 heteroatoms. The molecular formula is C33H38BrNO6S. The molecule has 1 aliphatic heterocycles. The van der Waals surface area contributed by atoms with Crippen LogP contribution in [0.4, 0.5) is 0 Å². The molecule has 0 N–H and O–H groups in total. The number of nitrogens with zero attached hydrogens (tertiary/aromatic N) is 1. The summed E-state index contributed by atoms with van der Waals surface area (Å²) < 4.78 is 38.2. The van der Waals surface area contributed by atoms with Crippen LogP contribution in [-0.2, 0) is 19.7 Å². The minimum Gasteiger partial charge on any atom is -0.490 e. The summed E-state index contributed by atoms with van der Waals surface area (Å²) in [5.41, 5.74) is 3.54. The molecular weight excluding hydrogens is 618 g/mol. The van der Waals surface area contributed by atoms with E-state index in [1.807, 2.05) is 0 Å². The van der Waals surface area contributed by atoms with E-state index in [2.05, 4.69) is 55.4 Å². The second-order valence-corrected chi connectivity index (χ2v) is 15.3. The fourth-order valence-electron chi connectivity index (χ4n) is 6.61. The number of hydrogen-bond donors (Lipinski definition) is 0. The number of ether oxygens (including phenoxy) is 1. The molecule has 0 saturated heterocycles. The summed E-state index contributed by atoms with van der Waals surface area (Å²) in [5.74, 6) is -0.271. The van der Waals surface area contributed by atoms with E-state index in [1.165, 1.54) is 12.1 Å². The number of carbonyl (C=O) groups is 2. The molecule has 42 heavy (non-hydrogen) atoms. The molecule has 0 bridgehead atoms. The molecule has 0 fully saturated rings. The van der Waals surface area contributed by atoms with Gasteiger partial charge in [0, 0.05) is 47.8 Å². The molecule has 7 nitrogen and oxygen atoms in total. The Morgan fingerprint density at radius 2 is 1.43 bits per heavy atom. The van der Waals surface area contributed by atoms with E-state index in [4.69, 9.17) is 8.92 Å². The standard InChI is InChI=1S/C33H38BrNO6S/c1-7-35-23-16-32(3,4)18-25(36)29(23)28(30-24(35)17-33(5,6)19-26(30)37)20-14-22(34)31(27(15-20)40-8-2)41-42(38,39)21-12-10-9-11-13-21/h9-15,28H,7-8,16-19H2,1-6H3. The largest absolute Gasteiger partial charge is 0.490 e. The highest BCUT2D eigenvalue weighted by atomic mass is 79.9. The van der Waals surface area contributed by atoms with Crippen LogP contribution in [-0.4, -0.2) is 38.0 Å². The number of hydrogen-bond acceptors (Lipinski definition) is 7. The number of halogens is 1. The first-order valence-electron chi connectivity index (χ1n) is 14.4. The van der Waals surface area contributed by atoms with Gasteiger partial charge in [-0.15, -0.1) is 0 Å². The van der Waals surface area contributed by atoms with Gasteiger partial charge in [-0.3, -0.25) is 9.59 Å². The zero-order valence-corrected chi connectivity index (χ0v) is 27.4. The lowest BCUT2D eigenvalue weighted by atomic mass is 9.63. The van der Waals surface area contributed by atoms with E-state index in [0.717, 1.165) is 24.2 Å². The summed E-state index contributed by atoms with van der Waals surface area (Å²) in [5, 5.41) is 0. The predicted octanol–water partition coefficient (Wildman–Crippen LogP) is 7.32. The highest BCUT2D eigenvalue weighted by Crippen LogP contribution is 2.55. The Morgan fingerprint density at radius 1 is 0.881 bits per heavy atom. The predicted molar refractivity (Wildman–Crippen MR) is 165 cm³/mol. The van der Waals surface area contributed by atoms with Crippen LogP contribution in [0.5, 0.6) is 11.5 Å². The van der Waals surface area contributed by atoms with Crippen molar-refractivity contribution in [3.05, 3.63) is 75.0 Å². The average molecular weight is 657 g/mol. The van der Waals surface area contributed by atoms with Crippen molar-refractivity contribution >= 4 is 37.6 Å². The summed E-state index contributed by atoms with van der Waals surface area (Å²) in [4.78, 5) is 30.1. The summed E-state index contributed by atoms with van der Waals surface area (Å²) >= 11 is 3.55. The number of ketones is 2. The van der Waals surface area contributed by atoms with Gasteiger partial charge in [0.25, 0.3) is 0 Å². The first-order valence-corrected chi connectivity index (χ1v) is 16.6. The summed E-state index contributed by atoms with van der Waals surface area (Å²) in [6.07, 6.45) is 2.22. The van der Waals surface area contributed by atoms with Gasteiger partial charge >= 0.3 is 10.1 Å². The molecule has 2 aliphatic carbocycles. The van der Waals surface area contributed by atoms with Crippen LogP contribution in [0.1, 0.15) is 78.7 Å². The van der Waals surface area contributed by atoms with Crippen LogP contribution < -0.4 is 8.92 Å². The van der Waals surface area contributed by atoms with E-state index >= 15 is 0 Å². The van der Waals surface area contributed by atoms with Gasteiger partial charge in [-0.05, 0) is 83.3 Å². The van der Waals surface area contributed by atoms with Crippen molar-refractivity contribution < 1.29 is 26.9 Å². The van der Waals surface area contributed by atoms with Crippen molar-refractivity contribution in [1.29, 1.82) is 0 Å². The average Bonchev–Trinajstić information content (AvgIpc) is 2.88. The normalized spacial score (nSPS) is 20.4. The first-order chi connectivity index (χ1) is 19.7. The van der Waals surface area contributed by atoms with Gasteiger partial charge in [0.05, 0.1) is 11.1 Å². The Kier molecular flexibility index (Phi) is 7.98. The Balaban J connectivity index is 1.71. The quantitative estimate of drug-likeness (QED) is 0.289. The topological polar surface area (TPSA) is 90.0 Å². The molecule has 0 unspecified atom stereocenters. The van der Waals surface area contributed by atoms with Gasteiger partial charge < -0.3 is 13.8 Å². The molecule has 0 spiro atoms. The Morgan fingerprint density at radius 3 is 1.93 bits per heavy atom. The Hall–Kier alpha value is -2.91. The summed E-state index contributed by atoms with van der Waals surface area (Å²) in [6.45, 7) is 13.2. The third kappa shape index (κ3) is 5.57. The molecule has 0 amide bonds. The summed E-state index contributed by atoms with van der Waals surface area (Å²) in [7, 11) is -4.15. The molecule has 224 valence electrons. The van der Waals surface area contributed by atoms with Crippen molar-refractivity contribution in [3.8, 4) is 11.5 Å². The molecule has 1 heterocycles. The summed E-state index contributed by atoms with van der Waals surface area (Å²) in [6, 6.07) is 11.4. The lowest BCUT2D eigenvalue weighted by Gasteiger charge is -2.49.